The van der Waals surface area contributed by atoms with Crippen molar-refractivity contribution in [2.45, 2.75) is 12.8 Å². The molecule has 2 heteroatoms. The van der Waals surface area contributed by atoms with E-state index >= 15 is 0 Å². The highest BCUT2D eigenvalue weighted by molar-refractivity contribution is 6.09. The minimum Gasteiger partial charge on any atom is -0.354 e. The topological polar surface area (TPSA) is 39.6 Å². The lowest BCUT2D eigenvalue weighted by Gasteiger charge is -2.20. The van der Waals surface area contributed by atoms with Crippen LogP contribution in [0.25, 0.3) is 33.3 Å². The van der Waals surface area contributed by atoms with Gasteiger partial charge in [0, 0.05) is 16.5 Å². The van der Waals surface area contributed by atoms with Gasteiger partial charge in [-0.15, -0.1) is 0 Å². The number of nitrogens with one attached hydrogen (secondary N) is 1. The molecule has 0 saturated carbocycles. The molecule has 1 heterocycles. The lowest BCUT2D eigenvalue weighted by Crippen LogP contribution is -2.04. The Morgan fingerprint density at radius 2 is 1.52 bits per heavy atom. The second-order valence-electron chi connectivity index (χ2n) is 6.91. The molecule has 1 aliphatic carbocycles. The van der Waals surface area contributed by atoms with Crippen LogP contribution in [0, 0.1) is 11.3 Å². The van der Waals surface area contributed by atoms with E-state index in [-0.39, 0.29) is 0 Å². The van der Waals surface area contributed by atoms with Gasteiger partial charge in [-0.25, -0.2) is 0 Å². The number of aromatic nitrogens is 1. The molecule has 3 aromatic carbocycles. The molecule has 2 nitrogen and oxygen atoms in total. The lowest BCUT2D eigenvalue weighted by atomic mass is 9.82. The Morgan fingerprint density at radius 1 is 0.778 bits per heavy atom. The molecule has 0 spiro atoms. The Balaban J connectivity index is 1.86. The number of rotatable bonds is 2. The number of benzene rings is 3. The molecule has 0 saturated heterocycles. The summed E-state index contributed by atoms with van der Waals surface area (Å²) in [6.07, 6.45) is 1.84. The Bertz CT molecular complexity index is 1220. The van der Waals surface area contributed by atoms with Gasteiger partial charge in [0.2, 0.25) is 0 Å². The summed E-state index contributed by atoms with van der Waals surface area (Å²) >= 11 is 0. The summed E-state index contributed by atoms with van der Waals surface area (Å²) in [5, 5.41) is 11.2. The average molecular weight is 346 g/mol. The Hall–Kier alpha value is -3.57. The second-order valence-corrected chi connectivity index (χ2v) is 6.91. The van der Waals surface area contributed by atoms with Crippen LogP contribution < -0.4 is 0 Å². The summed E-state index contributed by atoms with van der Waals surface area (Å²) in [7, 11) is 0. The number of H-pyrrole nitrogens is 1. The van der Waals surface area contributed by atoms with Crippen LogP contribution in [0.15, 0.2) is 78.9 Å². The fraction of sp³-hybridized carbons (Fsp3) is 0.0800. The first-order chi connectivity index (χ1) is 13.4. The molecule has 27 heavy (non-hydrogen) atoms. The molecule has 0 bridgehead atoms. The number of aromatic amines is 1. The molecule has 0 radical (unpaired) electrons. The van der Waals surface area contributed by atoms with Gasteiger partial charge in [-0.2, -0.15) is 5.26 Å². The largest absolute Gasteiger partial charge is 0.354 e. The molecular weight excluding hydrogens is 328 g/mol. The summed E-state index contributed by atoms with van der Waals surface area (Å²) in [6, 6.07) is 29.6. The zero-order valence-electron chi connectivity index (χ0n) is 14.9. The van der Waals surface area contributed by atoms with Gasteiger partial charge in [0.05, 0.1) is 11.3 Å². The second kappa shape index (κ2) is 6.30. The molecule has 0 unspecified atom stereocenters. The van der Waals surface area contributed by atoms with Crippen LogP contribution in [-0.2, 0) is 6.42 Å². The quantitative estimate of drug-likeness (QED) is 0.460. The molecule has 0 aliphatic heterocycles. The molecule has 5 rings (SSSR count). The van der Waals surface area contributed by atoms with Crippen LogP contribution in [0.1, 0.15) is 23.1 Å². The summed E-state index contributed by atoms with van der Waals surface area (Å²) in [4.78, 5) is 3.60. The van der Waals surface area contributed by atoms with Crippen molar-refractivity contribution in [1.29, 1.82) is 5.26 Å². The molecule has 1 aromatic heterocycles. The Labute approximate surface area is 158 Å². The zero-order chi connectivity index (χ0) is 18.2. The summed E-state index contributed by atoms with van der Waals surface area (Å²) in [5.74, 6) is 0. The van der Waals surface area contributed by atoms with Crippen molar-refractivity contribution < 1.29 is 0 Å². The van der Waals surface area contributed by atoms with E-state index in [4.69, 9.17) is 0 Å². The highest BCUT2D eigenvalue weighted by Crippen LogP contribution is 2.43. The molecule has 128 valence electrons. The van der Waals surface area contributed by atoms with Gasteiger partial charge < -0.3 is 4.98 Å². The number of nitrogens with zero attached hydrogens (tertiary/aromatic N) is 1. The summed E-state index contributed by atoms with van der Waals surface area (Å²) < 4.78 is 0. The molecule has 1 N–H and O–H groups in total. The highest BCUT2D eigenvalue weighted by atomic mass is 14.7. The number of allylic oxidation sites excluding steroid dienone is 2. The van der Waals surface area contributed by atoms with Crippen LogP contribution in [0.5, 0.6) is 0 Å². The highest BCUT2D eigenvalue weighted by Gasteiger charge is 2.24. The molecular formula is C25H18N2. The number of fused-ring (bicyclic) bond motifs is 2. The average Bonchev–Trinajstić information content (AvgIpc) is 3.13. The maximum atomic E-state index is 10.0. The van der Waals surface area contributed by atoms with E-state index in [1.165, 1.54) is 16.5 Å². The smallest absolute Gasteiger partial charge is 0.100 e. The van der Waals surface area contributed by atoms with E-state index in [0.717, 1.165) is 46.3 Å². The third kappa shape index (κ3) is 2.48. The van der Waals surface area contributed by atoms with Gasteiger partial charge in [0.15, 0.2) is 0 Å². The van der Waals surface area contributed by atoms with Crippen molar-refractivity contribution in [2.75, 3.05) is 0 Å². The summed E-state index contributed by atoms with van der Waals surface area (Å²) in [5.41, 5.74) is 8.81. The van der Waals surface area contributed by atoms with Crippen LogP contribution in [-0.4, -0.2) is 4.98 Å². The van der Waals surface area contributed by atoms with E-state index in [9.17, 15) is 5.26 Å². The van der Waals surface area contributed by atoms with Crippen molar-refractivity contribution >= 4 is 22.0 Å². The molecule has 4 aromatic rings. The lowest BCUT2D eigenvalue weighted by molar-refractivity contribution is 0.997. The monoisotopic (exact) mass is 346 g/mol. The fourth-order valence-corrected chi connectivity index (χ4v) is 4.18. The Morgan fingerprint density at radius 3 is 2.37 bits per heavy atom. The molecule has 0 amide bonds. The SMILES string of the molecule is N#CC1=C(c2c(-c3ccccc3)[nH]c3ccccc23)CCc2ccccc21. The first-order valence-corrected chi connectivity index (χ1v) is 9.25. The van der Waals surface area contributed by atoms with E-state index < -0.39 is 0 Å². The van der Waals surface area contributed by atoms with Crippen molar-refractivity contribution in [2.24, 2.45) is 0 Å². The van der Waals surface area contributed by atoms with E-state index in [1.54, 1.807) is 0 Å². The maximum Gasteiger partial charge on any atom is 0.100 e. The van der Waals surface area contributed by atoms with Gasteiger partial charge in [-0.1, -0.05) is 72.8 Å². The molecule has 0 fully saturated rings. The predicted molar refractivity (Wildman–Crippen MR) is 111 cm³/mol. The number of para-hydroxylation sites is 1. The third-order valence-corrected chi connectivity index (χ3v) is 5.41. The van der Waals surface area contributed by atoms with E-state index in [2.05, 4.69) is 71.7 Å². The minimum atomic E-state index is 0.804. The van der Waals surface area contributed by atoms with Gasteiger partial charge in [-0.05, 0) is 41.2 Å². The number of hydrogen-bond donors (Lipinski definition) is 1. The van der Waals surface area contributed by atoms with Gasteiger partial charge >= 0.3 is 0 Å². The van der Waals surface area contributed by atoms with Gasteiger partial charge in [-0.3, -0.25) is 0 Å². The molecule has 0 atom stereocenters. The van der Waals surface area contributed by atoms with Crippen molar-refractivity contribution in [3.05, 3.63) is 95.6 Å². The predicted octanol–water partition coefficient (Wildman–Crippen LogP) is 6.22. The number of hydrogen-bond acceptors (Lipinski definition) is 1. The number of aryl methyl sites for hydroxylation is 1. The minimum absolute atomic E-state index is 0.804. The van der Waals surface area contributed by atoms with Gasteiger partial charge in [0.1, 0.15) is 6.07 Å². The first kappa shape index (κ1) is 15.7. The standard InChI is InChI=1S/C25H18N2/c26-16-22-19-11-5-4-8-17(19)14-15-20(22)24-21-12-6-7-13-23(21)27-25(24)18-9-2-1-3-10-18/h1-13,27H,14-15H2. The van der Waals surface area contributed by atoms with Gasteiger partial charge in [0.25, 0.3) is 0 Å². The zero-order valence-corrected chi connectivity index (χ0v) is 14.9. The molecule has 1 aliphatic rings. The first-order valence-electron chi connectivity index (χ1n) is 9.25. The van der Waals surface area contributed by atoms with Crippen LogP contribution >= 0.6 is 0 Å². The fourth-order valence-electron chi connectivity index (χ4n) is 4.18. The van der Waals surface area contributed by atoms with Crippen molar-refractivity contribution in [3.8, 4) is 17.3 Å². The van der Waals surface area contributed by atoms with Crippen LogP contribution in [0.2, 0.25) is 0 Å². The Kier molecular flexibility index (Phi) is 3.66. The van der Waals surface area contributed by atoms with Crippen molar-refractivity contribution in [1.82, 2.24) is 4.98 Å². The summed E-state index contributed by atoms with van der Waals surface area (Å²) in [6.45, 7) is 0. The van der Waals surface area contributed by atoms with Crippen molar-refractivity contribution in [3.63, 3.8) is 0 Å². The number of nitriles is 1. The van der Waals surface area contributed by atoms with Crippen LogP contribution in [0.4, 0.5) is 0 Å². The maximum absolute atomic E-state index is 10.0. The van der Waals surface area contributed by atoms with Crippen LogP contribution in [0.3, 0.4) is 0 Å². The van der Waals surface area contributed by atoms with E-state index in [0.29, 0.717) is 0 Å². The van der Waals surface area contributed by atoms with E-state index in [1.807, 2.05) is 18.2 Å². The normalized spacial score (nSPS) is 13.4. The third-order valence-electron chi connectivity index (χ3n) is 5.41.